The van der Waals surface area contributed by atoms with Crippen molar-refractivity contribution in [2.75, 3.05) is 14.2 Å². The van der Waals surface area contributed by atoms with Crippen LogP contribution >= 0.6 is 31.9 Å². The van der Waals surface area contributed by atoms with Crippen LogP contribution in [0.25, 0.3) is 0 Å². The fraction of sp³-hybridized carbons (Fsp3) is 0.263. The average molecular weight is 488 g/mol. The first kappa shape index (κ1) is 22.3. The van der Waals surface area contributed by atoms with Gasteiger partial charge in [0.15, 0.2) is 0 Å². The van der Waals surface area contributed by atoms with Gasteiger partial charge in [0, 0.05) is 8.95 Å². The number of hydrogen-bond donors (Lipinski definition) is 1. The summed E-state index contributed by atoms with van der Waals surface area (Å²) in [6.07, 6.45) is 0.894. The maximum absolute atomic E-state index is 11.2. The lowest BCUT2D eigenvalue weighted by Crippen LogP contribution is -2.02. The zero-order valence-electron chi connectivity index (χ0n) is 14.7. The maximum Gasteiger partial charge on any atom is 0.337 e. The molecule has 0 spiro atoms. The number of ether oxygens (including phenoxy) is 2. The van der Waals surface area contributed by atoms with Crippen LogP contribution in [0.15, 0.2) is 45.3 Å². The summed E-state index contributed by atoms with van der Waals surface area (Å²) in [7, 11) is 2.71. The minimum atomic E-state index is -0.401. The summed E-state index contributed by atoms with van der Waals surface area (Å²) in [5.74, 6) is -0.690. The molecule has 0 saturated heterocycles. The molecule has 2 aromatic rings. The number of aryl methyl sites for hydroxylation is 1. The van der Waals surface area contributed by atoms with Crippen molar-refractivity contribution in [3.05, 3.63) is 67.6 Å². The third-order valence-corrected chi connectivity index (χ3v) is 5.03. The first-order chi connectivity index (χ1) is 12.4. The average Bonchev–Trinajstić information content (AvgIpc) is 2.68. The lowest BCUT2D eigenvalue weighted by atomic mass is 10.1. The van der Waals surface area contributed by atoms with Crippen molar-refractivity contribution in [1.29, 1.82) is 0 Å². The number of aliphatic hydroxyl groups excluding tert-OH is 1. The molecule has 0 amide bonds. The van der Waals surface area contributed by atoms with E-state index in [4.69, 9.17) is 5.11 Å². The first-order valence-corrected chi connectivity index (χ1v) is 9.30. The van der Waals surface area contributed by atoms with Crippen LogP contribution in [0.4, 0.5) is 0 Å². The summed E-state index contributed by atoms with van der Waals surface area (Å²) in [5.41, 5.74) is 2.82. The lowest BCUT2D eigenvalue weighted by molar-refractivity contribution is 0.0591. The van der Waals surface area contributed by atoms with Gasteiger partial charge in [-0.3, -0.25) is 0 Å². The van der Waals surface area contributed by atoms with Crippen LogP contribution in [0.1, 0.15) is 38.8 Å². The Morgan fingerprint density at radius 2 is 1.31 bits per heavy atom. The summed E-state index contributed by atoms with van der Waals surface area (Å²) >= 11 is 6.66. The van der Waals surface area contributed by atoms with Crippen molar-refractivity contribution >= 4 is 43.8 Å². The summed E-state index contributed by atoms with van der Waals surface area (Å²) in [6.45, 7) is 1.94. The molecule has 0 atom stereocenters. The summed E-state index contributed by atoms with van der Waals surface area (Å²) in [4.78, 5) is 22.2. The van der Waals surface area contributed by atoms with E-state index in [0.717, 1.165) is 20.9 Å². The van der Waals surface area contributed by atoms with Crippen molar-refractivity contribution in [3.63, 3.8) is 0 Å². The standard InChI is InChI=1S/C10H11BrO2.C9H9BrO3/c1-3-7-6-8(10(12)13-2)4-5-9(7)11;1-13-9(12)6-2-3-8(10)7(4-6)5-11/h4-6H,3H2,1-2H3;2-4,11H,5H2,1H3. The maximum atomic E-state index is 11.2. The zero-order chi connectivity index (χ0) is 19.7. The van der Waals surface area contributed by atoms with Gasteiger partial charge in [0.05, 0.1) is 32.0 Å². The molecule has 0 aliphatic carbocycles. The van der Waals surface area contributed by atoms with Gasteiger partial charge in [0.1, 0.15) is 0 Å². The molecule has 0 aromatic heterocycles. The second-order valence-electron chi connectivity index (χ2n) is 5.11. The molecule has 0 bridgehead atoms. The van der Waals surface area contributed by atoms with Crippen LogP contribution in [0.5, 0.6) is 0 Å². The molecule has 0 aliphatic rings. The van der Waals surface area contributed by atoms with Crippen molar-refractivity contribution in [3.8, 4) is 0 Å². The molecule has 0 saturated carbocycles. The highest BCUT2D eigenvalue weighted by Gasteiger charge is 2.08. The van der Waals surface area contributed by atoms with Gasteiger partial charge in [-0.25, -0.2) is 9.59 Å². The Kier molecular flexibility index (Phi) is 9.54. The molecule has 0 radical (unpaired) electrons. The van der Waals surface area contributed by atoms with Crippen LogP contribution in [0.2, 0.25) is 0 Å². The molecule has 0 aliphatic heterocycles. The Labute approximate surface area is 169 Å². The monoisotopic (exact) mass is 486 g/mol. The van der Waals surface area contributed by atoms with Gasteiger partial charge < -0.3 is 14.6 Å². The summed E-state index contributed by atoms with van der Waals surface area (Å²) < 4.78 is 11.0. The van der Waals surface area contributed by atoms with E-state index in [1.165, 1.54) is 14.2 Å². The van der Waals surface area contributed by atoms with E-state index in [0.29, 0.717) is 16.7 Å². The smallest absolute Gasteiger partial charge is 0.337 e. The molecule has 2 rings (SSSR count). The van der Waals surface area contributed by atoms with Crippen molar-refractivity contribution in [1.82, 2.24) is 0 Å². The molecule has 7 heteroatoms. The first-order valence-electron chi connectivity index (χ1n) is 7.72. The molecule has 2 aromatic carbocycles. The Bertz CT molecular complexity index is 709. The van der Waals surface area contributed by atoms with E-state index in [-0.39, 0.29) is 12.6 Å². The normalized spacial score (nSPS) is 9.77. The van der Waals surface area contributed by atoms with Crippen LogP contribution in [0.3, 0.4) is 0 Å². The summed E-state index contributed by atoms with van der Waals surface area (Å²) in [6, 6.07) is 10.4. The predicted molar refractivity (Wildman–Crippen MR) is 106 cm³/mol. The highest BCUT2D eigenvalue weighted by molar-refractivity contribution is 9.10. The van der Waals surface area contributed by atoms with E-state index in [1.807, 2.05) is 19.1 Å². The molecule has 0 heterocycles. The Morgan fingerprint density at radius 3 is 1.69 bits per heavy atom. The van der Waals surface area contributed by atoms with E-state index in [9.17, 15) is 9.59 Å². The number of methoxy groups -OCH3 is 2. The molecule has 0 unspecified atom stereocenters. The number of aliphatic hydroxyl groups is 1. The number of carbonyl (C=O) groups is 2. The van der Waals surface area contributed by atoms with Crippen molar-refractivity contribution < 1.29 is 24.2 Å². The van der Waals surface area contributed by atoms with Gasteiger partial charge in [-0.1, -0.05) is 38.8 Å². The van der Waals surface area contributed by atoms with Crippen molar-refractivity contribution in [2.24, 2.45) is 0 Å². The minimum absolute atomic E-state index is 0.106. The third kappa shape index (κ3) is 6.23. The van der Waals surface area contributed by atoms with Gasteiger partial charge in [-0.15, -0.1) is 0 Å². The molecular weight excluding hydrogens is 468 g/mol. The van der Waals surface area contributed by atoms with Crippen LogP contribution in [-0.2, 0) is 22.5 Å². The minimum Gasteiger partial charge on any atom is -0.465 e. The van der Waals surface area contributed by atoms with Crippen LogP contribution in [-0.4, -0.2) is 31.3 Å². The number of halogens is 2. The van der Waals surface area contributed by atoms with Gasteiger partial charge in [0.25, 0.3) is 0 Å². The van der Waals surface area contributed by atoms with Gasteiger partial charge in [-0.2, -0.15) is 0 Å². The molecule has 0 fully saturated rings. The lowest BCUT2D eigenvalue weighted by Gasteiger charge is -2.03. The molecular formula is C19H20Br2O5. The van der Waals surface area contributed by atoms with E-state index in [2.05, 4.69) is 41.3 Å². The largest absolute Gasteiger partial charge is 0.465 e. The fourth-order valence-electron chi connectivity index (χ4n) is 2.03. The predicted octanol–water partition coefficient (Wildman–Crippen LogP) is 4.53. The highest BCUT2D eigenvalue weighted by atomic mass is 79.9. The van der Waals surface area contributed by atoms with Gasteiger partial charge in [-0.05, 0) is 53.9 Å². The molecule has 140 valence electrons. The van der Waals surface area contributed by atoms with E-state index < -0.39 is 5.97 Å². The quantitative estimate of drug-likeness (QED) is 0.641. The SMILES string of the molecule is CCc1cc(C(=O)OC)ccc1Br.COC(=O)c1ccc(Br)c(CO)c1. The number of rotatable bonds is 4. The number of carbonyl (C=O) groups excluding carboxylic acids is 2. The number of benzene rings is 2. The molecule has 5 nitrogen and oxygen atoms in total. The summed E-state index contributed by atoms with van der Waals surface area (Å²) in [5, 5.41) is 8.92. The van der Waals surface area contributed by atoms with Gasteiger partial charge >= 0.3 is 11.9 Å². The number of hydrogen-bond acceptors (Lipinski definition) is 5. The second kappa shape index (κ2) is 11.1. The number of esters is 2. The van der Waals surface area contributed by atoms with Crippen molar-refractivity contribution in [2.45, 2.75) is 20.0 Å². The highest BCUT2D eigenvalue weighted by Crippen LogP contribution is 2.19. The Hall–Kier alpha value is -1.70. The van der Waals surface area contributed by atoms with E-state index in [1.54, 1.807) is 24.3 Å². The van der Waals surface area contributed by atoms with E-state index >= 15 is 0 Å². The van der Waals surface area contributed by atoms with Gasteiger partial charge in [0.2, 0.25) is 0 Å². The third-order valence-electron chi connectivity index (χ3n) is 3.48. The second-order valence-corrected chi connectivity index (χ2v) is 6.82. The molecule has 26 heavy (non-hydrogen) atoms. The van der Waals surface area contributed by atoms with Crippen LogP contribution < -0.4 is 0 Å². The fourth-order valence-corrected chi connectivity index (χ4v) is 2.93. The molecule has 1 N–H and O–H groups in total. The topological polar surface area (TPSA) is 72.8 Å². The van der Waals surface area contributed by atoms with Crippen LogP contribution in [0, 0.1) is 0 Å². The zero-order valence-corrected chi connectivity index (χ0v) is 17.9. The Morgan fingerprint density at radius 1 is 0.885 bits per heavy atom. The Balaban J connectivity index is 0.000000260.